The van der Waals surface area contributed by atoms with Crippen LogP contribution in [0.1, 0.15) is 34.6 Å². The van der Waals surface area contributed by atoms with Crippen molar-refractivity contribution in [2.45, 2.75) is 40.2 Å². The Labute approximate surface area is 117 Å². The highest BCUT2D eigenvalue weighted by molar-refractivity contribution is 5.47. The second kappa shape index (κ2) is 6.90. The van der Waals surface area contributed by atoms with Crippen LogP contribution < -0.4 is 10.2 Å². The number of halogens is 1. The fraction of sp³-hybridized carbons (Fsp3) is 0.625. The van der Waals surface area contributed by atoms with Crippen molar-refractivity contribution < 1.29 is 4.39 Å². The summed E-state index contributed by atoms with van der Waals surface area (Å²) in [4.78, 5) is 2.10. The molecule has 0 aliphatic carbocycles. The molecule has 1 unspecified atom stereocenters. The Hall–Kier alpha value is -1.09. The number of nitrogens with one attached hydrogen (secondary N) is 1. The monoisotopic (exact) mass is 266 g/mol. The molecule has 0 aromatic heterocycles. The van der Waals surface area contributed by atoms with Gasteiger partial charge in [0, 0.05) is 18.6 Å². The average Bonchev–Trinajstić information content (AvgIpc) is 2.33. The summed E-state index contributed by atoms with van der Waals surface area (Å²) in [7, 11) is 0. The van der Waals surface area contributed by atoms with Gasteiger partial charge in [-0.3, -0.25) is 0 Å². The first-order chi connectivity index (χ1) is 8.83. The van der Waals surface area contributed by atoms with Crippen LogP contribution in [0.4, 0.5) is 10.1 Å². The predicted molar refractivity (Wildman–Crippen MR) is 81.2 cm³/mol. The molecule has 0 radical (unpaired) electrons. The largest absolute Gasteiger partial charge is 0.369 e. The normalized spacial score (nSPS) is 13.4. The number of nitrogens with zero attached hydrogens (tertiary/aromatic N) is 1. The van der Waals surface area contributed by atoms with E-state index in [-0.39, 0.29) is 11.4 Å². The van der Waals surface area contributed by atoms with E-state index in [1.807, 2.05) is 12.1 Å². The van der Waals surface area contributed by atoms with Gasteiger partial charge in [0.2, 0.25) is 0 Å². The van der Waals surface area contributed by atoms with Crippen molar-refractivity contribution in [3.8, 4) is 0 Å². The molecule has 3 heteroatoms. The number of hydrogen-bond acceptors (Lipinski definition) is 2. The summed E-state index contributed by atoms with van der Waals surface area (Å²) in [5.41, 5.74) is 0.830. The number of rotatable bonds is 6. The minimum Gasteiger partial charge on any atom is -0.369 e. The summed E-state index contributed by atoms with van der Waals surface area (Å²) in [6.45, 7) is 13.4. The van der Waals surface area contributed by atoms with Crippen molar-refractivity contribution in [1.29, 1.82) is 0 Å². The third-order valence-corrected chi connectivity index (χ3v) is 3.09. The van der Waals surface area contributed by atoms with Crippen molar-refractivity contribution in [1.82, 2.24) is 5.32 Å². The molecule has 0 amide bonds. The Balaban J connectivity index is 2.60. The van der Waals surface area contributed by atoms with E-state index in [9.17, 15) is 4.39 Å². The maximum absolute atomic E-state index is 13.8. The first-order valence-corrected chi connectivity index (χ1v) is 7.08. The van der Waals surface area contributed by atoms with Crippen molar-refractivity contribution in [3.63, 3.8) is 0 Å². The average molecular weight is 266 g/mol. The lowest BCUT2D eigenvalue weighted by molar-refractivity contribution is 0.382. The van der Waals surface area contributed by atoms with Gasteiger partial charge in [-0.15, -0.1) is 0 Å². The molecule has 0 aliphatic rings. The van der Waals surface area contributed by atoms with E-state index < -0.39 is 0 Å². The molecule has 1 aromatic carbocycles. The molecule has 0 saturated heterocycles. The number of benzene rings is 1. The summed E-state index contributed by atoms with van der Waals surface area (Å²) >= 11 is 0. The van der Waals surface area contributed by atoms with Crippen LogP contribution in [0.15, 0.2) is 24.3 Å². The van der Waals surface area contributed by atoms with Gasteiger partial charge >= 0.3 is 0 Å². The second-order valence-electron chi connectivity index (χ2n) is 6.23. The summed E-state index contributed by atoms with van der Waals surface area (Å²) < 4.78 is 13.8. The highest BCUT2D eigenvalue weighted by Gasteiger charge is 2.15. The van der Waals surface area contributed by atoms with Gasteiger partial charge in [0.15, 0.2) is 0 Å². The maximum atomic E-state index is 13.8. The van der Waals surface area contributed by atoms with Crippen molar-refractivity contribution >= 4 is 5.69 Å². The van der Waals surface area contributed by atoms with E-state index >= 15 is 0 Å². The molecule has 108 valence electrons. The molecule has 1 aromatic rings. The Morgan fingerprint density at radius 2 is 1.89 bits per heavy atom. The zero-order valence-corrected chi connectivity index (χ0v) is 12.8. The van der Waals surface area contributed by atoms with Crippen LogP contribution in [-0.4, -0.2) is 25.2 Å². The molecule has 1 rings (SSSR count). The Morgan fingerprint density at radius 3 is 2.42 bits per heavy atom. The van der Waals surface area contributed by atoms with E-state index in [1.54, 1.807) is 6.07 Å². The van der Waals surface area contributed by atoms with Crippen LogP contribution in [0.5, 0.6) is 0 Å². The third-order valence-electron chi connectivity index (χ3n) is 3.09. The molecular formula is C16H27FN2. The number of hydrogen-bond donors (Lipinski definition) is 1. The quantitative estimate of drug-likeness (QED) is 0.845. The van der Waals surface area contributed by atoms with Gasteiger partial charge < -0.3 is 10.2 Å². The van der Waals surface area contributed by atoms with Gasteiger partial charge in [0.1, 0.15) is 5.82 Å². The minimum absolute atomic E-state index is 0.128. The number of para-hydroxylation sites is 1. The van der Waals surface area contributed by atoms with Crippen LogP contribution in [0.2, 0.25) is 0 Å². The summed E-state index contributed by atoms with van der Waals surface area (Å²) in [6, 6.07) is 7.00. The van der Waals surface area contributed by atoms with Gasteiger partial charge in [-0.1, -0.05) is 19.1 Å². The third kappa shape index (κ3) is 5.60. The zero-order chi connectivity index (χ0) is 14.5. The van der Waals surface area contributed by atoms with E-state index in [2.05, 4.69) is 44.8 Å². The Bertz CT molecular complexity index is 385. The molecule has 1 N–H and O–H groups in total. The maximum Gasteiger partial charge on any atom is 0.146 e. The Morgan fingerprint density at radius 1 is 1.26 bits per heavy atom. The summed E-state index contributed by atoms with van der Waals surface area (Å²) in [6.07, 6.45) is 0. The lowest BCUT2D eigenvalue weighted by Gasteiger charge is -2.29. The van der Waals surface area contributed by atoms with E-state index in [0.29, 0.717) is 11.6 Å². The first-order valence-electron chi connectivity index (χ1n) is 7.08. The number of anilines is 1. The molecule has 0 fully saturated rings. The first kappa shape index (κ1) is 16.0. The fourth-order valence-corrected chi connectivity index (χ4v) is 2.03. The lowest BCUT2D eigenvalue weighted by Crippen LogP contribution is -2.41. The van der Waals surface area contributed by atoms with Crippen LogP contribution in [0, 0.1) is 11.7 Å². The standard InChI is InChI=1S/C16H27FN2/c1-6-19(15-10-8-7-9-14(15)17)12-13(2)11-18-16(3,4)5/h7-10,13,18H,6,11-12H2,1-5H3. The highest BCUT2D eigenvalue weighted by atomic mass is 19.1. The van der Waals surface area contributed by atoms with Gasteiger partial charge in [0.05, 0.1) is 5.69 Å². The smallest absolute Gasteiger partial charge is 0.146 e. The van der Waals surface area contributed by atoms with Crippen molar-refractivity contribution in [2.24, 2.45) is 5.92 Å². The summed E-state index contributed by atoms with van der Waals surface area (Å²) in [5, 5.41) is 3.50. The molecule has 19 heavy (non-hydrogen) atoms. The summed E-state index contributed by atoms with van der Waals surface area (Å²) in [5.74, 6) is 0.333. The molecule has 0 bridgehead atoms. The molecule has 1 atom stereocenters. The zero-order valence-electron chi connectivity index (χ0n) is 12.8. The Kier molecular flexibility index (Phi) is 5.80. The predicted octanol–water partition coefficient (Wildman–Crippen LogP) is 3.68. The lowest BCUT2D eigenvalue weighted by atomic mass is 10.1. The highest BCUT2D eigenvalue weighted by Crippen LogP contribution is 2.19. The minimum atomic E-state index is -0.139. The van der Waals surface area contributed by atoms with Gasteiger partial charge in [-0.2, -0.15) is 0 Å². The topological polar surface area (TPSA) is 15.3 Å². The molecule has 0 saturated carbocycles. The van der Waals surface area contributed by atoms with Crippen molar-refractivity contribution in [2.75, 3.05) is 24.5 Å². The van der Waals surface area contributed by atoms with Gasteiger partial charge in [0.25, 0.3) is 0 Å². The SMILES string of the molecule is CCN(CC(C)CNC(C)(C)C)c1ccccc1F. The van der Waals surface area contributed by atoms with E-state index in [4.69, 9.17) is 0 Å². The van der Waals surface area contributed by atoms with Crippen LogP contribution in [0.3, 0.4) is 0 Å². The second-order valence-corrected chi connectivity index (χ2v) is 6.23. The van der Waals surface area contributed by atoms with Crippen LogP contribution in [0.25, 0.3) is 0 Å². The van der Waals surface area contributed by atoms with Gasteiger partial charge in [-0.25, -0.2) is 4.39 Å². The van der Waals surface area contributed by atoms with Crippen LogP contribution in [-0.2, 0) is 0 Å². The van der Waals surface area contributed by atoms with Crippen LogP contribution >= 0.6 is 0 Å². The molecule has 0 spiro atoms. The van der Waals surface area contributed by atoms with E-state index in [0.717, 1.165) is 19.6 Å². The molecule has 0 heterocycles. The molecular weight excluding hydrogens is 239 g/mol. The fourth-order valence-electron chi connectivity index (χ4n) is 2.03. The van der Waals surface area contributed by atoms with E-state index in [1.165, 1.54) is 6.07 Å². The molecule has 2 nitrogen and oxygen atoms in total. The molecule has 0 aliphatic heterocycles. The van der Waals surface area contributed by atoms with Gasteiger partial charge in [-0.05, 0) is 52.3 Å². The van der Waals surface area contributed by atoms with Crippen molar-refractivity contribution in [3.05, 3.63) is 30.1 Å².